The second-order valence-electron chi connectivity index (χ2n) is 5.86. The predicted molar refractivity (Wildman–Crippen MR) is 94.2 cm³/mol. The minimum absolute atomic E-state index is 0.127. The number of nitrogens with zero attached hydrogens (tertiary/aromatic N) is 1. The van der Waals surface area contributed by atoms with Gasteiger partial charge in [0.05, 0.1) is 18.8 Å². The fourth-order valence-electron chi connectivity index (χ4n) is 2.77. The van der Waals surface area contributed by atoms with Crippen LogP contribution in [0.4, 0.5) is 0 Å². The Kier molecular flexibility index (Phi) is 7.27. The summed E-state index contributed by atoms with van der Waals surface area (Å²) in [6.45, 7) is 4.04. The summed E-state index contributed by atoms with van der Waals surface area (Å²) in [5, 5.41) is 10.2. The highest BCUT2D eigenvalue weighted by Crippen LogP contribution is 2.24. The molecule has 0 aromatic heterocycles. The lowest BCUT2D eigenvalue weighted by molar-refractivity contribution is 0.0418. The van der Waals surface area contributed by atoms with Gasteiger partial charge in [-0.2, -0.15) is 0 Å². The zero-order valence-electron chi connectivity index (χ0n) is 14.1. The molecule has 2 aromatic rings. The maximum Gasteiger partial charge on any atom is 0.0664 e. The van der Waals surface area contributed by atoms with Crippen molar-refractivity contribution >= 4 is 0 Å². The molecule has 2 aromatic carbocycles. The molecular formula is C20H27NO2. The Hall–Kier alpha value is -1.68. The van der Waals surface area contributed by atoms with Crippen LogP contribution in [0.3, 0.4) is 0 Å². The standard InChI is InChI=1S/C20H27NO2/c1-3-19(22)15-21(14-17-10-6-4-7-11-17)20(16-23-2)18-12-8-5-9-13-18/h4-13,19-20,22H,3,14-16H2,1-2H3/t19-,20+/m1/s1. The Bertz CT molecular complexity index is 544. The molecule has 0 radical (unpaired) electrons. The van der Waals surface area contributed by atoms with E-state index in [0.717, 1.165) is 13.0 Å². The maximum absolute atomic E-state index is 10.2. The highest BCUT2D eigenvalue weighted by Gasteiger charge is 2.22. The molecular weight excluding hydrogens is 286 g/mol. The summed E-state index contributed by atoms with van der Waals surface area (Å²) >= 11 is 0. The van der Waals surface area contributed by atoms with Gasteiger partial charge in [0.1, 0.15) is 0 Å². The number of aliphatic hydroxyl groups is 1. The second-order valence-corrected chi connectivity index (χ2v) is 5.86. The first-order valence-corrected chi connectivity index (χ1v) is 8.24. The van der Waals surface area contributed by atoms with Gasteiger partial charge in [-0.3, -0.25) is 4.90 Å². The monoisotopic (exact) mass is 313 g/mol. The molecule has 0 heterocycles. The highest BCUT2D eigenvalue weighted by molar-refractivity contribution is 5.21. The molecule has 3 heteroatoms. The molecule has 0 amide bonds. The lowest BCUT2D eigenvalue weighted by Crippen LogP contribution is -2.37. The molecule has 2 atom stereocenters. The Morgan fingerprint density at radius 2 is 1.61 bits per heavy atom. The van der Waals surface area contributed by atoms with Gasteiger partial charge in [0, 0.05) is 20.2 Å². The Labute approximate surface area is 139 Å². The van der Waals surface area contributed by atoms with Crippen molar-refractivity contribution < 1.29 is 9.84 Å². The minimum atomic E-state index is -0.332. The zero-order valence-corrected chi connectivity index (χ0v) is 14.1. The van der Waals surface area contributed by atoms with Crippen molar-refractivity contribution in [3.63, 3.8) is 0 Å². The van der Waals surface area contributed by atoms with Crippen LogP contribution in [0, 0.1) is 0 Å². The van der Waals surface area contributed by atoms with Gasteiger partial charge < -0.3 is 9.84 Å². The average Bonchev–Trinajstić information content (AvgIpc) is 2.60. The van der Waals surface area contributed by atoms with E-state index in [9.17, 15) is 5.11 Å². The molecule has 3 nitrogen and oxygen atoms in total. The van der Waals surface area contributed by atoms with Crippen molar-refractivity contribution in [3.8, 4) is 0 Å². The first-order valence-electron chi connectivity index (χ1n) is 8.24. The third-order valence-electron chi connectivity index (χ3n) is 4.09. The third kappa shape index (κ3) is 5.47. The van der Waals surface area contributed by atoms with E-state index < -0.39 is 0 Å². The first kappa shape index (κ1) is 17.7. The van der Waals surface area contributed by atoms with Gasteiger partial charge in [0.2, 0.25) is 0 Å². The van der Waals surface area contributed by atoms with Gasteiger partial charge in [0.15, 0.2) is 0 Å². The van der Waals surface area contributed by atoms with Crippen LogP contribution in [-0.4, -0.2) is 36.4 Å². The van der Waals surface area contributed by atoms with Crippen LogP contribution in [0.25, 0.3) is 0 Å². The molecule has 2 rings (SSSR count). The smallest absolute Gasteiger partial charge is 0.0664 e. The summed E-state index contributed by atoms with van der Waals surface area (Å²) in [4.78, 5) is 2.31. The minimum Gasteiger partial charge on any atom is -0.392 e. The summed E-state index contributed by atoms with van der Waals surface area (Å²) in [5.74, 6) is 0. The first-order chi connectivity index (χ1) is 11.2. The molecule has 23 heavy (non-hydrogen) atoms. The van der Waals surface area contributed by atoms with E-state index in [1.807, 2.05) is 19.1 Å². The van der Waals surface area contributed by atoms with E-state index in [1.165, 1.54) is 11.1 Å². The second kappa shape index (κ2) is 9.46. The number of hydrogen-bond acceptors (Lipinski definition) is 3. The van der Waals surface area contributed by atoms with Crippen LogP contribution in [0.2, 0.25) is 0 Å². The number of aliphatic hydroxyl groups excluding tert-OH is 1. The number of benzene rings is 2. The van der Waals surface area contributed by atoms with Crippen LogP contribution in [-0.2, 0) is 11.3 Å². The van der Waals surface area contributed by atoms with E-state index in [-0.39, 0.29) is 12.1 Å². The van der Waals surface area contributed by atoms with Crippen LogP contribution in [0.5, 0.6) is 0 Å². The summed E-state index contributed by atoms with van der Waals surface area (Å²) in [6.07, 6.45) is 0.418. The van der Waals surface area contributed by atoms with Crippen molar-refractivity contribution in [1.29, 1.82) is 0 Å². The summed E-state index contributed by atoms with van der Waals surface area (Å²) in [6, 6.07) is 20.9. The van der Waals surface area contributed by atoms with Crippen LogP contribution < -0.4 is 0 Å². The van der Waals surface area contributed by atoms with Crippen molar-refractivity contribution in [3.05, 3.63) is 71.8 Å². The van der Waals surface area contributed by atoms with Gasteiger partial charge in [-0.1, -0.05) is 67.6 Å². The molecule has 0 aliphatic heterocycles. The summed E-state index contributed by atoms with van der Waals surface area (Å²) < 4.78 is 5.47. The third-order valence-corrected chi connectivity index (χ3v) is 4.09. The fourth-order valence-corrected chi connectivity index (χ4v) is 2.77. The molecule has 0 saturated heterocycles. The van der Waals surface area contributed by atoms with Gasteiger partial charge in [0.25, 0.3) is 0 Å². The average molecular weight is 313 g/mol. The molecule has 0 saturated carbocycles. The Morgan fingerprint density at radius 3 is 2.17 bits per heavy atom. The number of rotatable bonds is 9. The molecule has 0 unspecified atom stereocenters. The van der Waals surface area contributed by atoms with Crippen molar-refractivity contribution in [1.82, 2.24) is 4.90 Å². The number of methoxy groups -OCH3 is 1. The van der Waals surface area contributed by atoms with E-state index >= 15 is 0 Å². The quantitative estimate of drug-likeness (QED) is 0.767. The summed E-state index contributed by atoms with van der Waals surface area (Å²) in [5.41, 5.74) is 2.46. The maximum atomic E-state index is 10.2. The molecule has 0 spiro atoms. The molecule has 0 aliphatic carbocycles. The highest BCUT2D eigenvalue weighted by atomic mass is 16.5. The molecule has 0 aliphatic rings. The normalized spacial score (nSPS) is 13.9. The predicted octanol–water partition coefficient (Wildman–Crippen LogP) is 3.65. The van der Waals surface area contributed by atoms with Gasteiger partial charge in [-0.25, -0.2) is 0 Å². The van der Waals surface area contributed by atoms with Gasteiger partial charge in [-0.05, 0) is 17.5 Å². The van der Waals surface area contributed by atoms with E-state index in [4.69, 9.17) is 4.74 Å². The molecule has 0 fully saturated rings. The zero-order chi connectivity index (χ0) is 16.5. The lowest BCUT2D eigenvalue weighted by Gasteiger charge is -2.33. The summed E-state index contributed by atoms with van der Waals surface area (Å²) in [7, 11) is 1.73. The van der Waals surface area contributed by atoms with E-state index in [1.54, 1.807) is 7.11 Å². The van der Waals surface area contributed by atoms with Gasteiger partial charge in [-0.15, -0.1) is 0 Å². The Morgan fingerprint density at radius 1 is 1.00 bits per heavy atom. The lowest BCUT2D eigenvalue weighted by atomic mass is 10.0. The number of hydrogen-bond donors (Lipinski definition) is 1. The van der Waals surface area contributed by atoms with Crippen molar-refractivity contribution in [2.75, 3.05) is 20.3 Å². The van der Waals surface area contributed by atoms with Gasteiger partial charge >= 0.3 is 0 Å². The van der Waals surface area contributed by atoms with Crippen LogP contribution in [0.1, 0.15) is 30.5 Å². The molecule has 0 bridgehead atoms. The van der Waals surface area contributed by atoms with E-state index in [0.29, 0.717) is 13.2 Å². The SMILES string of the molecule is CC[C@@H](O)CN(Cc1ccccc1)[C@@H](COC)c1ccccc1. The van der Waals surface area contributed by atoms with Crippen LogP contribution >= 0.6 is 0 Å². The Balaban J connectivity index is 2.24. The molecule has 124 valence electrons. The largest absolute Gasteiger partial charge is 0.392 e. The molecule has 1 N–H and O–H groups in total. The fraction of sp³-hybridized carbons (Fsp3) is 0.400. The topological polar surface area (TPSA) is 32.7 Å². The van der Waals surface area contributed by atoms with E-state index in [2.05, 4.69) is 53.4 Å². The van der Waals surface area contributed by atoms with Crippen molar-refractivity contribution in [2.24, 2.45) is 0 Å². The number of ether oxygens (including phenoxy) is 1. The van der Waals surface area contributed by atoms with Crippen molar-refractivity contribution in [2.45, 2.75) is 32.0 Å². The van der Waals surface area contributed by atoms with Crippen LogP contribution in [0.15, 0.2) is 60.7 Å².